The highest BCUT2D eigenvalue weighted by atomic mass is 16.3. The monoisotopic (exact) mass is 250 g/mol. The van der Waals surface area contributed by atoms with E-state index in [4.69, 9.17) is 5.10 Å². The Hall–Kier alpha value is -0.830. The second-order valence-corrected chi connectivity index (χ2v) is 5.60. The molecule has 1 aliphatic carbocycles. The van der Waals surface area contributed by atoms with E-state index in [0.29, 0.717) is 6.04 Å². The maximum atomic E-state index is 9.56. The molecule has 0 atom stereocenters. The molecular weight excluding hydrogens is 224 g/mol. The molecular formula is C15H26N2O. The van der Waals surface area contributed by atoms with Gasteiger partial charge in [0.25, 0.3) is 0 Å². The van der Waals surface area contributed by atoms with E-state index in [1.165, 1.54) is 31.4 Å². The second kappa shape index (κ2) is 5.87. The van der Waals surface area contributed by atoms with Crippen molar-refractivity contribution in [3.05, 3.63) is 17.0 Å². The average Bonchev–Trinajstić information content (AvgIpc) is 2.77. The summed E-state index contributed by atoms with van der Waals surface area (Å²) < 4.78 is 2.23. The van der Waals surface area contributed by atoms with Crippen molar-refractivity contribution >= 4 is 0 Å². The molecule has 1 saturated carbocycles. The van der Waals surface area contributed by atoms with Gasteiger partial charge in [-0.3, -0.25) is 4.68 Å². The lowest BCUT2D eigenvalue weighted by Gasteiger charge is -2.27. The molecule has 0 radical (unpaired) electrons. The molecule has 0 bridgehead atoms. The molecule has 3 heteroatoms. The minimum Gasteiger partial charge on any atom is -0.392 e. The van der Waals surface area contributed by atoms with Gasteiger partial charge in [-0.05, 0) is 44.4 Å². The molecule has 1 fully saturated rings. The number of aliphatic hydroxyl groups excluding tert-OH is 1. The van der Waals surface area contributed by atoms with Crippen molar-refractivity contribution in [3.63, 3.8) is 0 Å². The van der Waals surface area contributed by atoms with E-state index < -0.39 is 0 Å². The molecule has 1 aromatic rings. The maximum absolute atomic E-state index is 9.56. The van der Waals surface area contributed by atoms with Crippen LogP contribution < -0.4 is 0 Å². The molecule has 0 amide bonds. The van der Waals surface area contributed by atoms with E-state index >= 15 is 0 Å². The van der Waals surface area contributed by atoms with Crippen LogP contribution >= 0.6 is 0 Å². The molecule has 0 aliphatic heterocycles. The number of aliphatic hydroxyl groups is 1. The SMILES string of the molecule is CCc1nn(C2CCC(C)CC2)c(CC)c1CO. The topological polar surface area (TPSA) is 38.0 Å². The number of aromatic nitrogens is 2. The van der Waals surface area contributed by atoms with Gasteiger partial charge in [0, 0.05) is 11.3 Å². The molecule has 3 nitrogen and oxygen atoms in total. The van der Waals surface area contributed by atoms with Crippen molar-refractivity contribution in [2.45, 2.75) is 71.9 Å². The lowest BCUT2D eigenvalue weighted by molar-refractivity contribution is 0.264. The first kappa shape index (κ1) is 13.6. The molecule has 0 spiro atoms. The molecule has 18 heavy (non-hydrogen) atoms. The second-order valence-electron chi connectivity index (χ2n) is 5.60. The van der Waals surface area contributed by atoms with Crippen molar-refractivity contribution in [3.8, 4) is 0 Å². The van der Waals surface area contributed by atoms with Crippen molar-refractivity contribution < 1.29 is 5.11 Å². The van der Waals surface area contributed by atoms with Gasteiger partial charge in [-0.1, -0.05) is 20.8 Å². The lowest BCUT2D eigenvalue weighted by Crippen LogP contribution is -2.19. The summed E-state index contributed by atoms with van der Waals surface area (Å²) in [5, 5.41) is 14.3. The van der Waals surface area contributed by atoms with E-state index in [1.54, 1.807) is 0 Å². The van der Waals surface area contributed by atoms with E-state index in [-0.39, 0.29) is 6.61 Å². The number of nitrogens with zero attached hydrogens (tertiary/aromatic N) is 2. The van der Waals surface area contributed by atoms with Gasteiger partial charge < -0.3 is 5.11 Å². The Bertz CT molecular complexity index is 389. The molecule has 102 valence electrons. The Morgan fingerprint density at radius 3 is 2.33 bits per heavy atom. The van der Waals surface area contributed by atoms with Gasteiger partial charge in [-0.15, -0.1) is 0 Å². The van der Waals surface area contributed by atoms with E-state index in [9.17, 15) is 5.11 Å². The minimum absolute atomic E-state index is 0.134. The van der Waals surface area contributed by atoms with Crippen molar-refractivity contribution in [1.82, 2.24) is 9.78 Å². The van der Waals surface area contributed by atoms with Gasteiger partial charge >= 0.3 is 0 Å². The van der Waals surface area contributed by atoms with Gasteiger partial charge in [0.05, 0.1) is 18.3 Å². The fourth-order valence-electron chi connectivity index (χ4n) is 3.19. The highest BCUT2D eigenvalue weighted by Crippen LogP contribution is 2.33. The third-order valence-corrected chi connectivity index (χ3v) is 4.36. The van der Waals surface area contributed by atoms with E-state index in [2.05, 4.69) is 25.5 Å². The fraction of sp³-hybridized carbons (Fsp3) is 0.800. The van der Waals surface area contributed by atoms with Crippen molar-refractivity contribution in [1.29, 1.82) is 0 Å². The van der Waals surface area contributed by atoms with Gasteiger partial charge in [0.1, 0.15) is 0 Å². The van der Waals surface area contributed by atoms with Crippen LogP contribution in [0.25, 0.3) is 0 Å². The Balaban J connectivity index is 2.29. The number of rotatable bonds is 4. The molecule has 1 aromatic heterocycles. The summed E-state index contributed by atoms with van der Waals surface area (Å²) >= 11 is 0. The Kier molecular flexibility index (Phi) is 4.44. The molecule has 1 aliphatic rings. The number of hydrogen-bond acceptors (Lipinski definition) is 2. The molecule has 0 unspecified atom stereocenters. The average molecular weight is 250 g/mol. The fourth-order valence-corrected chi connectivity index (χ4v) is 3.19. The van der Waals surface area contributed by atoms with Crippen LogP contribution in [-0.4, -0.2) is 14.9 Å². The van der Waals surface area contributed by atoms with Crippen LogP contribution in [0.3, 0.4) is 0 Å². The van der Waals surface area contributed by atoms with Crippen LogP contribution in [0.15, 0.2) is 0 Å². The quantitative estimate of drug-likeness (QED) is 0.890. The van der Waals surface area contributed by atoms with Crippen LogP contribution in [0.2, 0.25) is 0 Å². The first-order chi connectivity index (χ1) is 8.71. The molecule has 2 rings (SSSR count). The summed E-state index contributed by atoms with van der Waals surface area (Å²) in [6.07, 6.45) is 6.98. The molecule has 1 heterocycles. The molecule has 1 N–H and O–H groups in total. The summed E-state index contributed by atoms with van der Waals surface area (Å²) in [6.45, 7) is 6.76. The summed E-state index contributed by atoms with van der Waals surface area (Å²) in [5.41, 5.74) is 3.43. The minimum atomic E-state index is 0.134. The third kappa shape index (κ3) is 2.46. The highest BCUT2D eigenvalue weighted by Gasteiger charge is 2.24. The summed E-state index contributed by atoms with van der Waals surface area (Å²) in [6, 6.07) is 0.557. The lowest BCUT2D eigenvalue weighted by atomic mass is 9.87. The first-order valence-electron chi connectivity index (χ1n) is 7.41. The Morgan fingerprint density at radius 2 is 1.83 bits per heavy atom. The van der Waals surface area contributed by atoms with Crippen LogP contribution in [0.1, 0.15) is 69.4 Å². The summed E-state index contributed by atoms with van der Waals surface area (Å²) in [5.74, 6) is 0.866. The highest BCUT2D eigenvalue weighted by molar-refractivity contribution is 5.26. The maximum Gasteiger partial charge on any atom is 0.0718 e. The molecule has 0 aromatic carbocycles. The largest absolute Gasteiger partial charge is 0.392 e. The smallest absolute Gasteiger partial charge is 0.0718 e. The summed E-state index contributed by atoms with van der Waals surface area (Å²) in [4.78, 5) is 0. The molecule has 0 saturated heterocycles. The third-order valence-electron chi connectivity index (χ3n) is 4.36. The first-order valence-corrected chi connectivity index (χ1v) is 7.41. The predicted octanol–water partition coefficient (Wildman–Crippen LogP) is 3.25. The predicted molar refractivity (Wildman–Crippen MR) is 73.6 cm³/mol. The Labute approximate surface area is 110 Å². The van der Waals surface area contributed by atoms with Gasteiger partial charge in [-0.25, -0.2) is 0 Å². The summed E-state index contributed by atoms with van der Waals surface area (Å²) in [7, 11) is 0. The Morgan fingerprint density at radius 1 is 1.17 bits per heavy atom. The van der Waals surface area contributed by atoms with Crippen molar-refractivity contribution in [2.75, 3.05) is 0 Å². The zero-order valence-electron chi connectivity index (χ0n) is 11.9. The van der Waals surface area contributed by atoms with Crippen LogP contribution in [0.5, 0.6) is 0 Å². The van der Waals surface area contributed by atoms with Gasteiger partial charge in [-0.2, -0.15) is 5.10 Å². The standard InChI is InChI=1S/C15H26N2O/c1-4-14-13(10-18)15(5-2)17(16-14)12-8-6-11(3)7-9-12/h11-12,18H,4-10H2,1-3H3. The van der Waals surface area contributed by atoms with Crippen LogP contribution in [-0.2, 0) is 19.4 Å². The normalized spacial score (nSPS) is 24.4. The van der Waals surface area contributed by atoms with E-state index in [1.807, 2.05) is 0 Å². The zero-order valence-corrected chi connectivity index (χ0v) is 11.9. The van der Waals surface area contributed by atoms with Gasteiger partial charge in [0.2, 0.25) is 0 Å². The van der Waals surface area contributed by atoms with Crippen LogP contribution in [0, 0.1) is 5.92 Å². The van der Waals surface area contributed by atoms with Crippen molar-refractivity contribution in [2.24, 2.45) is 5.92 Å². The number of aryl methyl sites for hydroxylation is 1. The van der Waals surface area contributed by atoms with Gasteiger partial charge in [0.15, 0.2) is 0 Å². The van der Waals surface area contributed by atoms with Crippen LogP contribution in [0.4, 0.5) is 0 Å². The zero-order chi connectivity index (χ0) is 13.1. The van der Waals surface area contributed by atoms with E-state index in [0.717, 1.165) is 30.0 Å². The number of hydrogen-bond donors (Lipinski definition) is 1.